The molecular weight excluding hydrogens is 382 g/mol. The molecule has 0 saturated carbocycles. The van der Waals surface area contributed by atoms with E-state index in [1.807, 2.05) is 0 Å². The summed E-state index contributed by atoms with van der Waals surface area (Å²) in [7, 11) is 1.58. The number of carbonyl (C=O) groups excluding carboxylic acids is 2. The SMILES string of the molecule is COc1ccc(C2=NC3=C4C=C(Cl)C=CC4OC(=O)C3C(NC(C)=O)=N2)cc1. The van der Waals surface area contributed by atoms with Crippen molar-refractivity contribution < 1.29 is 19.1 Å². The van der Waals surface area contributed by atoms with Crippen LogP contribution in [0, 0.1) is 5.92 Å². The zero-order valence-corrected chi connectivity index (χ0v) is 15.9. The predicted octanol–water partition coefficient (Wildman–Crippen LogP) is 2.48. The number of allylic oxidation sites excluding steroid dienone is 2. The fraction of sp³-hybridized carbons (Fsp3) is 0.200. The fourth-order valence-corrected chi connectivity index (χ4v) is 3.38. The summed E-state index contributed by atoms with van der Waals surface area (Å²) in [5.41, 5.74) is 1.85. The Hall–Kier alpha value is -3.19. The molecule has 7 nitrogen and oxygen atoms in total. The van der Waals surface area contributed by atoms with E-state index in [0.29, 0.717) is 33.5 Å². The van der Waals surface area contributed by atoms with Crippen LogP contribution >= 0.6 is 11.6 Å². The number of amides is 1. The topological polar surface area (TPSA) is 89.4 Å². The zero-order chi connectivity index (χ0) is 19.8. The molecule has 1 amide bonds. The molecule has 142 valence electrons. The van der Waals surface area contributed by atoms with Crippen LogP contribution < -0.4 is 10.1 Å². The first-order valence-electron chi connectivity index (χ1n) is 8.55. The van der Waals surface area contributed by atoms with Gasteiger partial charge >= 0.3 is 5.97 Å². The van der Waals surface area contributed by atoms with Crippen LogP contribution in [-0.4, -0.2) is 36.8 Å². The number of amidine groups is 2. The monoisotopic (exact) mass is 397 g/mol. The van der Waals surface area contributed by atoms with Crippen LogP contribution in [-0.2, 0) is 14.3 Å². The molecule has 2 aliphatic heterocycles. The Morgan fingerprint density at radius 3 is 2.68 bits per heavy atom. The minimum absolute atomic E-state index is 0.179. The van der Waals surface area contributed by atoms with Gasteiger partial charge in [-0.2, -0.15) is 0 Å². The van der Waals surface area contributed by atoms with Crippen molar-refractivity contribution in [1.82, 2.24) is 5.32 Å². The molecule has 1 N–H and O–H groups in total. The molecule has 28 heavy (non-hydrogen) atoms. The van der Waals surface area contributed by atoms with Crippen LogP contribution in [0.1, 0.15) is 12.5 Å². The number of hydrogen-bond acceptors (Lipinski definition) is 6. The first kappa shape index (κ1) is 18.2. The van der Waals surface area contributed by atoms with Gasteiger partial charge in [0.15, 0.2) is 11.8 Å². The Balaban J connectivity index is 1.88. The number of ether oxygens (including phenoxy) is 2. The van der Waals surface area contributed by atoms with Crippen LogP contribution in [0.15, 0.2) is 68.8 Å². The maximum Gasteiger partial charge on any atom is 0.323 e. The van der Waals surface area contributed by atoms with E-state index in [2.05, 4.69) is 15.3 Å². The Morgan fingerprint density at radius 2 is 2.00 bits per heavy atom. The highest BCUT2D eigenvalue weighted by Gasteiger charge is 2.42. The van der Waals surface area contributed by atoms with Gasteiger partial charge in [-0.05, 0) is 42.5 Å². The van der Waals surface area contributed by atoms with Crippen molar-refractivity contribution in [1.29, 1.82) is 0 Å². The lowest BCUT2D eigenvalue weighted by atomic mass is 9.90. The molecule has 4 rings (SSSR count). The molecule has 3 aliphatic rings. The molecule has 0 radical (unpaired) electrons. The third-order valence-electron chi connectivity index (χ3n) is 4.46. The normalized spacial score (nSPS) is 23.0. The number of aliphatic imine (C=N–C) groups is 2. The predicted molar refractivity (Wildman–Crippen MR) is 104 cm³/mol. The van der Waals surface area contributed by atoms with Gasteiger partial charge in [0.1, 0.15) is 17.7 Å². The van der Waals surface area contributed by atoms with E-state index in [-0.39, 0.29) is 11.7 Å². The van der Waals surface area contributed by atoms with Crippen molar-refractivity contribution in [2.75, 3.05) is 7.11 Å². The first-order chi connectivity index (χ1) is 13.5. The van der Waals surface area contributed by atoms with Gasteiger partial charge in [-0.3, -0.25) is 9.59 Å². The second-order valence-corrected chi connectivity index (χ2v) is 6.80. The Morgan fingerprint density at radius 1 is 1.25 bits per heavy atom. The number of fused-ring (bicyclic) bond motifs is 2. The van der Waals surface area contributed by atoms with Gasteiger partial charge in [0.2, 0.25) is 5.91 Å². The number of benzene rings is 1. The Bertz CT molecular complexity index is 1020. The fourth-order valence-electron chi connectivity index (χ4n) is 3.19. The minimum Gasteiger partial charge on any atom is -0.497 e. The third-order valence-corrected chi connectivity index (χ3v) is 4.69. The number of esters is 1. The van der Waals surface area contributed by atoms with E-state index >= 15 is 0 Å². The lowest BCUT2D eigenvalue weighted by Gasteiger charge is -2.33. The number of hydrogen-bond donors (Lipinski definition) is 1. The number of nitrogens with zero attached hydrogens (tertiary/aromatic N) is 2. The molecule has 2 unspecified atom stereocenters. The van der Waals surface area contributed by atoms with Crippen molar-refractivity contribution in [3.63, 3.8) is 0 Å². The maximum atomic E-state index is 12.6. The summed E-state index contributed by atoms with van der Waals surface area (Å²) in [6.07, 6.45) is 4.51. The number of carbonyl (C=O) groups is 2. The van der Waals surface area contributed by atoms with E-state index < -0.39 is 18.0 Å². The quantitative estimate of drug-likeness (QED) is 0.776. The van der Waals surface area contributed by atoms with Crippen molar-refractivity contribution >= 4 is 35.1 Å². The summed E-state index contributed by atoms with van der Waals surface area (Å²) in [4.78, 5) is 33.4. The Kier molecular flexibility index (Phi) is 4.60. The number of methoxy groups -OCH3 is 1. The van der Waals surface area contributed by atoms with E-state index in [0.717, 1.165) is 0 Å². The second-order valence-electron chi connectivity index (χ2n) is 6.36. The van der Waals surface area contributed by atoms with Crippen molar-refractivity contribution in [2.24, 2.45) is 15.9 Å². The van der Waals surface area contributed by atoms with Crippen LogP contribution in [0.2, 0.25) is 0 Å². The molecule has 0 fully saturated rings. The summed E-state index contributed by atoms with van der Waals surface area (Å²) < 4.78 is 10.7. The Labute approximate surface area is 166 Å². The highest BCUT2D eigenvalue weighted by molar-refractivity contribution is 6.31. The van der Waals surface area contributed by atoms with Crippen LogP contribution in [0.4, 0.5) is 0 Å². The smallest absolute Gasteiger partial charge is 0.323 e. The number of halogens is 1. The largest absolute Gasteiger partial charge is 0.497 e. The van der Waals surface area contributed by atoms with Gasteiger partial charge in [-0.25, -0.2) is 9.98 Å². The molecular formula is C20H16ClN3O4. The van der Waals surface area contributed by atoms with Crippen molar-refractivity contribution in [2.45, 2.75) is 13.0 Å². The highest BCUT2D eigenvalue weighted by atomic mass is 35.5. The standard InChI is InChI=1S/C20H16ClN3O4/c1-10(25)22-19-16-17(14-9-12(21)5-8-15(14)28-20(16)26)23-18(24-19)11-3-6-13(27-2)7-4-11/h3-9,15-16H,1-2H3,(H,22,23,24,25). The number of rotatable bonds is 2. The zero-order valence-electron chi connectivity index (χ0n) is 15.1. The minimum atomic E-state index is -0.913. The van der Waals surface area contributed by atoms with Crippen molar-refractivity contribution in [3.8, 4) is 5.75 Å². The van der Waals surface area contributed by atoms with Crippen molar-refractivity contribution in [3.05, 3.63) is 64.4 Å². The molecule has 2 heterocycles. The van der Waals surface area contributed by atoms with Gasteiger partial charge < -0.3 is 14.8 Å². The summed E-state index contributed by atoms with van der Waals surface area (Å²) >= 11 is 6.15. The molecule has 1 aromatic carbocycles. The molecule has 2 atom stereocenters. The lowest BCUT2D eigenvalue weighted by Crippen LogP contribution is -2.46. The molecule has 0 bridgehead atoms. The second kappa shape index (κ2) is 7.09. The van der Waals surface area contributed by atoms with Crippen LogP contribution in [0.3, 0.4) is 0 Å². The van der Waals surface area contributed by atoms with E-state index in [1.165, 1.54) is 6.92 Å². The van der Waals surface area contributed by atoms with Gasteiger partial charge in [0.05, 0.1) is 12.8 Å². The average molecular weight is 398 g/mol. The molecule has 0 aromatic heterocycles. The molecule has 0 saturated heterocycles. The molecule has 1 aromatic rings. The van der Waals surface area contributed by atoms with Crippen LogP contribution in [0.5, 0.6) is 5.75 Å². The number of nitrogens with one attached hydrogen (secondary N) is 1. The van der Waals surface area contributed by atoms with E-state index in [9.17, 15) is 9.59 Å². The van der Waals surface area contributed by atoms with Gasteiger partial charge in [-0.15, -0.1) is 0 Å². The third kappa shape index (κ3) is 3.25. The maximum absolute atomic E-state index is 12.6. The summed E-state index contributed by atoms with van der Waals surface area (Å²) in [5.74, 6) is -0.532. The lowest BCUT2D eigenvalue weighted by molar-refractivity contribution is -0.148. The first-order valence-corrected chi connectivity index (χ1v) is 8.93. The van der Waals surface area contributed by atoms with Gasteiger partial charge in [0, 0.05) is 23.1 Å². The molecule has 8 heteroatoms. The summed E-state index contributed by atoms with van der Waals surface area (Å²) in [6, 6.07) is 7.18. The highest BCUT2D eigenvalue weighted by Crippen LogP contribution is 2.36. The van der Waals surface area contributed by atoms with Gasteiger partial charge in [0.25, 0.3) is 0 Å². The summed E-state index contributed by atoms with van der Waals surface area (Å²) in [5, 5.41) is 3.14. The summed E-state index contributed by atoms with van der Waals surface area (Å²) in [6.45, 7) is 1.35. The van der Waals surface area contributed by atoms with Crippen LogP contribution in [0.25, 0.3) is 0 Å². The van der Waals surface area contributed by atoms with E-state index in [1.54, 1.807) is 49.6 Å². The molecule has 1 aliphatic carbocycles. The van der Waals surface area contributed by atoms with Gasteiger partial charge in [-0.1, -0.05) is 11.6 Å². The molecule has 0 spiro atoms. The average Bonchev–Trinajstić information content (AvgIpc) is 2.68. The van der Waals surface area contributed by atoms with E-state index in [4.69, 9.17) is 21.1 Å².